The zero-order valence-electron chi connectivity index (χ0n) is 9.38. The second-order valence-corrected chi connectivity index (χ2v) is 4.52. The van der Waals surface area contributed by atoms with E-state index in [2.05, 4.69) is 10.3 Å². The second kappa shape index (κ2) is 4.62. The molecule has 0 aliphatic heterocycles. The van der Waals surface area contributed by atoms with Crippen molar-refractivity contribution in [3.05, 3.63) is 29.3 Å². The highest BCUT2D eigenvalue weighted by Gasteiger charge is 2.11. The van der Waals surface area contributed by atoms with E-state index in [0.717, 1.165) is 10.7 Å². The number of carbonyl (C=O) groups is 1. The Morgan fingerprint density at radius 3 is 2.88 bits per heavy atom. The first-order valence-electron chi connectivity index (χ1n) is 4.88. The number of thioether (sulfide) groups is 1. The molecule has 0 aromatic carbocycles. The van der Waals surface area contributed by atoms with Crippen molar-refractivity contribution in [1.82, 2.24) is 14.9 Å². The van der Waals surface area contributed by atoms with E-state index in [1.807, 2.05) is 20.0 Å². The van der Waals surface area contributed by atoms with Crippen LogP contribution in [0.15, 0.2) is 21.7 Å². The third-order valence-electron chi connectivity index (χ3n) is 2.10. The van der Waals surface area contributed by atoms with Gasteiger partial charge in [0.15, 0.2) is 5.69 Å². The van der Waals surface area contributed by atoms with Crippen LogP contribution < -0.4 is 0 Å². The molecule has 0 saturated heterocycles. The molecule has 2 heterocycles. The molecule has 7 heteroatoms. The first kappa shape index (κ1) is 11.7. The lowest BCUT2D eigenvalue weighted by atomic mass is 10.4. The fourth-order valence-electron chi connectivity index (χ4n) is 1.35. The van der Waals surface area contributed by atoms with Gasteiger partial charge in [0.2, 0.25) is 0 Å². The lowest BCUT2D eigenvalue weighted by Gasteiger charge is -1.97. The first-order chi connectivity index (χ1) is 8.06. The van der Waals surface area contributed by atoms with E-state index in [-0.39, 0.29) is 5.69 Å². The maximum atomic E-state index is 10.6. The summed E-state index contributed by atoms with van der Waals surface area (Å²) in [6.07, 6.45) is 0. The van der Waals surface area contributed by atoms with Crippen LogP contribution in [0.3, 0.4) is 0 Å². The number of rotatable bonds is 4. The molecule has 17 heavy (non-hydrogen) atoms. The van der Waals surface area contributed by atoms with Gasteiger partial charge < -0.3 is 9.63 Å². The molecule has 6 nitrogen and oxygen atoms in total. The molecule has 0 fully saturated rings. The zero-order chi connectivity index (χ0) is 12.4. The van der Waals surface area contributed by atoms with Gasteiger partial charge in [0.05, 0.1) is 16.5 Å². The molecule has 0 aliphatic rings. The van der Waals surface area contributed by atoms with Gasteiger partial charge in [-0.15, -0.1) is 0 Å². The van der Waals surface area contributed by atoms with E-state index in [4.69, 9.17) is 9.63 Å². The highest BCUT2D eigenvalue weighted by molar-refractivity contribution is 7.98. The number of carboxylic acid groups (broad SMARTS) is 1. The Balaban J connectivity index is 2.02. The minimum absolute atomic E-state index is 0.0678. The van der Waals surface area contributed by atoms with Gasteiger partial charge in [0.25, 0.3) is 0 Å². The number of aromatic carboxylic acids is 1. The van der Waals surface area contributed by atoms with Crippen LogP contribution in [0.1, 0.15) is 21.9 Å². The Morgan fingerprint density at radius 2 is 2.35 bits per heavy atom. The number of hydrogen-bond acceptors (Lipinski definition) is 5. The van der Waals surface area contributed by atoms with Crippen molar-refractivity contribution in [2.75, 3.05) is 0 Å². The Kier molecular flexibility index (Phi) is 3.19. The number of aromatic nitrogens is 3. The summed E-state index contributed by atoms with van der Waals surface area (Å²) in [5.41, 5.74) is 0.876. The van der Waals surface area contributed by atoms with Crippen molar-refractivity contribution in [3.63, 3.8) is 0 Å². The normalized spacial score (nSPS) is 10.7. The van der Waals surface area contributed by atoms with E-state index in [1.54, 1.807) is 4.68 Å². The Labute approximate surface area is 102 Å². The topological polar surface area (TPSA) is 81.1 Å². The van der Waals surface area contributed by atoms with E-state index >= 15 is 0 Å². The maximum absolute atomic E-state index is 10.6. The minimum atomic E-state index is -1.08. The van der Waals surface area contributed by atoms with Crippen molar-refractivity contribution in [1.29, 1.82) is 0 Å². The molecule has 0 spiro atoms. The van der Waals surface area contributed by atoms with Crippen LogP contribution in [0.2, 0.25) is 0 Å². The molecule has 0 unspecified atom stereocenters. The van der Waals surface area contributed by atoms with Crippen LogP contribution in [0.5, 0.6) is 0 Å². The molecule has 0 saturated carbocycles. The minimum Gasteiger partial charge on any atom is -0.476 e. The van der Waals surface area contributed by atoms with E-state index < -0.39 is 5.97 Å². The molecule has 0 bridgehead atoms. The second-order valence-electron chi connectivity index (χ2n) is 3.52. The number of aryl methyl sites for hydroxylation is 2. The van der Waals surface area contributed by atoms with Gasteiger partial charge in [-0.1, -0.05) is 16.9 Å². The predicted octanol–water partition coefficient (Wildman–Crippen LogP) is 1.71. The summed E-state index contributed by atoms with van der Waals surface area (Å²) < 4.78 is 6.69. The van der Waals surface area contributed by atoms with Crippen LogP contribution in [-0.4, -0.2) is 26.0 Å². The Morgan fingerprint density at radius 1 is 1.59 bits per heavy atom. The fraction of sp³-hybridized carbons (Fsp3) is 0.300. The largest absolute Gasteiger partial charge is 0.476 e. The Hall–Kier alpha value is -1.76. The summed E-state index contributed by atoms with van der Waals surface area (Å²) in [6, 6.07) is 3.39. The maximum Gasteiger partial charge on any atom is 0.358 e. The van der Waals surface area contributed by atoms with Crippen molar-refractivity contribution in [2.24, 2.45) is 7.05 Å². The van der Waals surface area contributed by atoms with Gasteiger partial charge in [-0.3, -0.25) is 4.68 Å². The van der Waals surface area contributed by atoms with Gasteiger partial charge >= 0.3 is 5.97 Å². The fourth-order valence-corrected chi connectivity index (χ4v) is 2.26. The first-order valence-corrected chi connectivity index (χ1v) is 5.87. The lowest BCUT2D eigenvalue weighted by Crippen LogP contribution is -1.94. The van der Waals surface area contributed by atoms with Crippen molar-refractivity contribution in [2.45, 2.75) is 17.7 Å². The lowest BCUT2D eigenvalue weighted by molar-refractivity contribution is 0.0685. The van der Waals surface area contributed by atoms with Crippen LogP contribution in [0, 0.1) is 6.92 Å². The number of carboxylic acids is 1. The summed E-state index contributed by atoms with van der Waals surface area (Å²) in [5, 5.41) is 17.3. The molecule has 0 radical (unpaired) electrons. The summed E-state index contributed by atoms with van der Waals surface area (Å²) in [5.74, 6) is -0.0215. The molecule has 0 aliphatic carbocycles. The molecule has 2 rings (SSSR count). The van der Waals surface area contributed by atoms with Gasteiger partial charge in [-0.2, -0.15) is 5.10 Å². The molecular formula is C10H11N3O3S. The highest BCUT2D eigenvalue weighted by atomic mass is 32.2. The third-order valence-corrected chi connectivity index (χ3v) is 3.21. The van der Waals surface area contributed by atoms with Crippen LogP contribution in [0.4, 0.5) is 0 Å². The average Bonchev–Trinajstić information content (AvgIpc) is 2.82. The molecule has 0 amide bonds. The smallest absolute Gasteiger partial charge is 0.358 e. The van der Waals surface area contributed by atoms with E-state index in [0.29, 0.717) is 11.5 Å². The summed E-state index contributed by atoms with van der Waals surface area (Å²) in [4.78, 5) is 10.6. The summed E-state index contributed by atoms with van der Waals surface area (Å²) in [6.45, 7) is 1.92. The number of hydrogen-bond donors (Lipinski definition) is 1. The van der Waals surface area contributed by atoms with Crippen molar-refractivity contribution >= 4 is 17.7 Å². The van der Waals surface area contributed by atoms with Crippen molar-refractivity contribution in [3.8, 4) is 0 Å². The van der Waals surface area contributed by atoms with Gasteiger partial charge in [-0.25, -0.2) is 4.79 Å². The van der Waals surface area contributed by atoms with E-state index in [9.17, 15) is 4.79 Å². The monoisotopic (exact) mass is 253 g/mol. The van der Waals surface area contributed by atoms with Crippen molar-refractivity contribution < 1.29 is 14.4 Å². The average molecular weight is 253 g/mol. The van der Waals surface area contributed by atoms with Gasteiger partial charge in [-0.05, 0) is 13.0 Å². The zero-order valence-corrected chi connectivity index (χ0v) is 10.2. The van der Waals surface area contributed by atoms with E-state index in [1.165, 1.54) is 17.8 Å². The Bertz CT molecular complexity index is 547. The highest BCUT2D eigenvalue weighted by Crippen LogP contribution is 2.23. The summed E-state index contributed by atoms with van der Waals surface area (Å²) in [7, 11) is 1.86. The van der Waals surface area contributed by atoms with Gasteiger partial charge in [0, 0.05) is 13.1 Å². The standard InChI is InChI=1S/C10H11N3O3S/c1-6-3-9(13(2)11-6)17-5-7-4-8(10(14)15)12-16-7/h3-4H,5H2,1-2H3,(H,14,15). The molecule has 2 aromatic heterocycles. The quantitative estimate of drug-likeness (QED) is 0.835. The van der Waals surface area contributed by atoms with Crippen LogP contribution in [0.25, 0.3) is 0 Å². The number of nitrogens with zero attached hydrogens (tertiary/aromatic N) is 3. The molecule has 90 valence electrons. The molecule has 0 atom stereocenters. The summed E-state index contributed by atoms with van der Waals surface area (Å²) >= 11 is 1.52. The van der Waals surface area contributed by atoms with Gasteiger partial charge in [0.1, 0.15) is 5.76 Å². The predicted molar refractivity (Wildman–Crippen MR) is 61.0 cm³/mol. The SMILES string of the molecule is Cc1cc(SCc2cc(C(=O)O)no2)n(C)n1. The third kappa shape index (κ3) is 2.68. The van der Waals surface area contributed by atoms with Crippen LogP contribution in [-0.2, 0) is 12.8 Å². The molecular weight excluding hydrogens is 242 g/mol. The molecule has 2 aromatic rings. The molecule has 1 N–H and O–H groups in total. The van der Waals surface area contributed by atoms with Crippen LogP contribution >= 0.6 is 11.8 Å².